The predicted molar refractivity (Wildman–Crippen MR) is 58.1 cm³/mol. The summed E-state index contributed by atoms with van der Waals surface area (Å²) in [6, 6.07) is 0. The molecule has 0 spiro atoms. The van der Waals surface area contributed by atoms with Crippen LogP contribution < -0.4 is 0 Å². The Labute approximate surface area is 87.3 Å². The first-order valence-corrected chi connectivity index (χ1v) is 6.10. The maximum absolute atomic E-state index is 8.82. The van der Waals surface area contributed by atoms with Crippen LogP contribution >= 0.6 is 0 Å². The quantitative estimate of drug-likeness (QED) is 0.691. The molecule has 0 saturated heterocycles. The largest absolute Gasteiger partial charge is 0.396 e. The molecule has 2 heteroatoms. The van der Waals surface area contributed by atoms with E-state index in [1.54, 1.807) is 0 Å². The van der Waals surface area contributed by atoms with E-state index < -0.39 is 0 Å². The summed E-state index contributed by atoms with van der Waals surface area (Å²) in [5.41, 5.74) is 0. The first-order valence-electron chi connectivity index (χ1n) is 6.10. The van der Waals surface area contributed by atoms with Gasteiger partial charge >= 0.3 is 0 Å². The highest BCUT2D eigenvalue weighted by Crippen LogP contribution is 2.35. The Morgan fingerprint density at radius 2 is 1.21 bits per heavy atom. The van der Waals surface area contributed by atoms with Gasteiger partial charge in [-0.05, 0) is 37.5 Å². The molecule has 0 aliphatic heterocycles. The third-order valence-corrected chi connectivity index (χ3v) is 3.53. The van der Waals surface area contributed by atoms with Gasteiger partial charge in [-0.1, -0.05) is 25.7 Å². The first kappa shape index (κ1) is 12.0. The van der Waals surface area contributed by atoms with E-state index in [2.05, 4.69) is 0 Å². The summed E-state index contributed by atoms with van der Waals surface area (Å²) >= 11 is 0. The monoisotopic (exact) mass is 200 g/mol. The zero-order chi connectivity index (χ0) is 10.2. The highest BCUT2D eigenvalue weighted by molar-refractivity contribution is 4.75. The lowest BCUT2D eigenvalue weighted by atomic mass is 9.75. The molecule has 2 N–H and O–H groups in total. The summed E-state index contributed by atoms with van der Waals surface area (Å²) in [6.07, 6.45) is 9.71. The van der Waals surface area contributed by atoms with E-state index in [0.717, 1.165) is 24.7 Å². The van der Waals surface area contributed by atoms with Gasteiger partial charge in [-0.25, -0.2) is 0 Å². The third kappa shape index (κ3) is 3.97. The minimum atomic E-state index is 0.337. The van der Waals surface area contributed by atoms with Gasteiger partial charge in [-0.3, -0.25) is 0 Å². The zero-order valence-corrected chi connectivity index (χ0v) is 9.12. The van der Waals surface area contributed by atoms with Crippen molar-refractivity contribution < 1.29 is 10.2 Å². The molecular formula is C12H24O2. The van der Waals surface area contributed by atoms with Gasteiger partial charge in [0.2, 0.25) is 0 Å². The minimum absolute atomic E-state index is 0.337. The van der Waals surface area contributed by atoms with Gasteiger partial charge in [0.25, 0.3) is 0 Å². The number of hydrogen-bond donors (Lipinski definition) is 2. The molecule has 84 valence electrons. The van der Waals surface area contributed by atoms with Crippen molar-refractivity contribution in [3.05, 3.63) is 0 Å². The molecule has 0 amide bonds. The van der Waals surface area contributed by atoms with Crippen LogP contribution in [0.15, 0.2) is 0 Å². The average Bonchev–Trinajstić information content (AvgIpc) is 2.24. The van der Waals surface area contributed by atoms with Crippen LogP contribution in [-0.4, -0.2) is 23.4 Å². The van der Waals surface area contributed by atoms with Crippen molar-refractivity contribution in [2.45, 2.75) is 51.4 Å². The molecule has 1 saturated carbocycles. The number of rotatable bonds is 6. The molecule has 0 aromatic rings. The maximum Gasteiger partial charge on any atom is 0.0431 e. The molecule has 2 atom stereocenters. The van der Waals surface area contributed by atoms with Crippen LogP contribution in [0.5, 0.6) is 0 Å². The first-order chi connectivity index (χ1) is 6.88. The number of hydrogen-bond acceptors (Lipinski definition) is 2. The molecule has 0 unspecified atom stereocenters. The van der Waals surface area contributed by atoms with Crippen molar-refractivity contribution in [3.8, 4) is 0 Å². The molecule has 1 fully saturated rings. The van der Waals surface area contributed by atoms with Gasteiger partial charge in [0, 0.05) is 13.2 Å². The van der Waals surface area contributed by atoms with E-state index >= 15 is 0 Å². The van der Waals surface area contributed by atoms with Crippen molar-refractivity contribution in [2.75, 3.05) is 13.2 Å². The highest BCUT2D eigenvalue weighted by Gasteiger charge is 2.23. The lowest BCUT2D eigenvalue weighted by molar-refractivity contribution is 0.175. The highest BCUT2D eigenvalue weighted by atomic mass is 16.3. The molecule has 1 aliphatic rings. The van der Waals surface area contributed by atoms with Crippen LogP contribution in [0.2, 0.25) is 0 Å². The molecule has 2 nitrogen and oxygen atoms in total. The summed E-state index contributed by atoms with van der Waals surface area (Å²) < 4.78 is 0. The van der Waals surface area contributed by atoms with Gasteiger partial charge < -0.3 is 10.2 Å². The van der Waals surface area contributed by atoms with E-state index in [0.29, 0.717) is 13.2 Å². The molecule has 0 aromatic heterocycles. The van der Waals surface area contributed by atoms with E-state index in [9.17, 15) is 0 Å². The van der Waals surface area contributed by atoms with Crippen molar-refractivity contribution in [2.24, 2.45) is 11.8 Å². The van der Waals surface area contributed by atoms with Crippen LogP contribution in [0.4, 0.5) is 0 Å². The van der Waals surface area contributed by atoms with Gasteiger partial charge in [0.15, 0.2) is 0 Å². The van der Waals surface area contributed by atoms with E-state index in [1.165, 1.54) is 38.5 Å². The molecule has 0 bridgehead atoms. The van der Waals surface area contributed by atoms with Crippen molar-refractivity contribution in [1.82, 2.24) is 0 Å². The minimum Gasteiger partial charge on any atom is -0.396 e. The van der Waals surface area contributed by atoms with Crippen LogP contribution in [0.3, 0.4) is 0 Å². The second-order valence-corrected chi connectivity index (χ2v) is 4.54. The van der Waals surface area contributed by atoms with E-state index in [1.807, 2.05) is 0 Å². The standard InChI is InChI=1S/C12H24O2/c13-9-3-7-11-5-1-2-6-12(11)8-4-10-14/h11-14H,1-10H2/t11-,12-/m0/s1. The Morgan fingerprint density at radius 3 is 1.57 bits per heavy atom. The Kier molecular flexibility index (Phi) is 6.20. The van der Waals surface area contributed by atoms with Crippen molar-refractivity contribution >= 4 is 0 Å². The fourth-order valence-corrected chi connectivity index (χ4v) is 2.75. The Balaban J connectivity index is 2.26. The second kappa shape index (κ2) is 7.24. The Morgan fingerprint density at radius 1 is 0.786 bits per heavy atom. The summed E-state index contributed by atoms with van der Waals surface area (Å²) in [6.45, 7) is 0.673. The summed E-state index contributed by atoms with van der Waals surface area (Å²) in [7, 11) is 0. The van der Waals surface area contributed by atoms with E-state index in [-0.39, 0.29) is 0 Å². The maximum atomic E-state index is 8.82. The predicted octanol–water partition coefficient (Wildman–Crippen LogP) is 2.34. The lowest BCUT2D eigenvalue weighted by Gasteiger charge is -2.31. The fraction of sp³-hybridized carbons (Fsp3) is 1.00. The van der Waals surface area contributed by atoms with Crippen LogP contribution in [0.1, 0.15) is 51.4 Å². The Hall–Kier alpha value is -0.0800. The molecule has 1 rings (SSSR count). The van der Waals surface area contributed by atoms with Crippen LogP contribution in [-0.2, 0) is 0 Å². The Bertz CT molecular complexity index is 120. The summed E-state index contributed by atoms with van der Waals surface area (Å²) in [5.74, 6) is 1.64. The smallest absolute Gasteiger partial charge is 0.0431 e. The van der Waals surface area contributed by atoms with Crippen molar-refractivity contribution in [1.29, 1.82) is 0 Å². The van der Waals surface area contributed by atoms with Crippen LogP contribution in [0.25, 0.3) is 0 Å². The lowest BCUT2D eigenvalue weighted by Crippen LogP contribution is -2.20. The second-order valence-electron chi connectivity index (χ2n) is 4.54. The number of aliphatic hydroxyl groups is 2. The van der Waals surface area contributed by atoms with Crippen molar-refractivity contribution in [3.63, 3.8) is 0 Å². The molecular weight excluding hydrogens is 176 g/mol. The summed E-state index contributed by atoms with van der Waals surface area (Å²) in [4.78, 5) is 0. The molecule has 0 heterocycles. The van der Waals surface area contributed by atoms with Gasteiger partial charge in [-0.2, -0.15) is 0 Å². The number of aliphatic hydroxyl groups excluding tert-OH is 2. The topological polar surface area (TPSA) is 40.5 Å². The zero-order valence-electron chi connectivity index (χ0n) is 9.12. The SMILES string of the molecule is OCCC[C@@H]1CCCC[C@H]1CCCO. The third-order valence-electron chi connectivity index (χ3n) is 3.53. The molecule has 0 radical (unpaired) electrons. The van der Waals surface area contributed by atoms with Gasteiger partial charge in [-0.15, -0.1) is 0 Å². The average molecular weight is 200 g/mol. The molecule has 0 aromatic carbocycles. The van der Waals surface area contributed by atoms with Crippen LogP contribution in [0, 0.1) is 11.8 Å². The van der Waals surface area contributed by atoms with E-state index in [4.69, 9.17) is 10.2 Å². The fourth-order valence-electron chi connectivity index (χ4n) is 2.75. The van der Waals surface area contributed by atoms with Gasteiger partial charge in [0.1, 0.15) is 0 Å². The molecule has 1 aliphatic carbocycles. The van der Waals surface area contributed by atoms with Gasteiger partial charge in [0.05, 0.1) is 0 Å². The molecule has 14 heavy (non-hydrogen) atoms. The summed E-state index contributed by atoms with van der Waals surface area (Å²) in [5, 5.41) is 17.6. The normalized spacial score (nSPS) is 27.9.